The number of fused-ring (bicyclic) bond motifs is 4. The second-order valence-electron chi connectivity index (χ2n) is 13.8. The molecule has 6 aliphatic heterocycles. The Balaban J connectivity index is 1.13. The van der Waals surface area contributed by atoms with Gasteiger partial charge in [-0.15, -0.1) is 0 Å². The number of carboxylic acids is 1. The van der Waals surface area contributed by atoms with Gasteiger partial charge in [-0.3, -0.25) is 13.9 Å². The maximum Gasteiger partial charge on any atom is 0.352 e. The van der Waals surface area contributed by atoms with Gasteiger partial charge in [0.1, 0.15) is 45.0 Å². The molecule has 2 bridgehead atoms. The molecule has 0 aromatic heterocycles. The highest BCUT2D eigenvalue weighted by atomic mass is 32.2. The Morgan fingerprint density at radius 2 is 1.73 bits per heavy atom. The quantitative estimate of drug-likeness (QED) is 0.254. The molecule has 4 N–H and O–H groups in total. The molecule has 45 heavy (non-hydrogen) atoms. The number of β-lactam (4-membered cyclic amide) rings is 1. The van der Waals surface area contributed by atoms with Crippen molar-refractivity contribution in [2.45, 2.75) is 43.7 Å². The Morgan fingerprint density at radius 1 is 1.07 bits per heavy atom. The van der Waals surface area contributed by atoms with Crippen molar-refractivity contribution < 1.29 is 42.0 Å². The van der Waals surface area contributed by atoms with Crippen LogP contribution in [-0.4, -0.2) is 121 Å². The van der Waals surface area contributed by atoms with Crippen molar-refractivity contribution in [1.29, 1.82) is 0 Å². The zero-order valence-electron chi connectivity index (χ0n) is 25.7. The van der Waals surface area contributed by atoms with E-state index in [-0.39, 0.29) is 23.0 Å². The van der Waals surface area contributed by atoms with Crippen molar-refractivity contribution in [3.8, 4) is 0 Å². The average Bonchev–Trinajstić information content (AvgIpc) is 3.36. The number of nitrogens with zero attached hydrogens (tertiary/aromatic N) is 4. The number of primary amides is 1. The summed E-state index contributed by atoms with van der Waals surface area (Å²) in [6, 6.07) is 8.62. The van der Waals surface area contributed by atoms with E-state index in [9.17, 15) is 33.0 Å². The smallest absolute Gasteiger partial charge is 0.352 e. The Kier molecular flexibility index (Phi) is 6.86. The SMILES string of the molecule is C[C@@H](O)[C@H]1C(=O)N2C(C(=O)O)=C(CN3c4cccc5c(CCC[N+]67CC[N+](CC(N)=O)(CC6)CC7)ccc(c45)S3(=O)=O)[C@H](C)[C@H]12. The van der Waals surface area contributed by atoms with Crippen LogP contribution in [0.1, 0.15) is 25.8 Å². The Hall–Kier alpha value is -3.52. The van der Waals surface area contributed by atoms with Crippen LogP contribution in [0, 0.1) is 11.8 Å². The van der Waals surface area contributed by atoms with E-state index in [0.29, 0.717) is 23.2 Å². The number of carbonyl (C=O) groups is 3. The number of aryl methyl sites for hydroxylation is 1. The summed E-state index contributed by atoms with van der Waals surface area (Å²) in [6.45, 7) is 10.6. The molecule has 13 heteroatoms. The molecule has 240 valence electrons. The highest BCUT2D eigenvalue weighted by Crippen LogP contribution is 2.50. The van der Waals surface area contributed by atoms with Gasteiger partial charge in [-0.25, -0.2) is 13.2 Å². The van der Waals surface area contributed by atoms with Gasteiger partial charge in [0.2, 0.25) is 5.91 Å². The lowest BCUT2D eigenvalue weighted by Gasteiger charge is -2.55. The fourth-order valence-corrected chi connectivity index (χ4v) is 10.6. The summed E-state index contributed by atoms with van der Waals surface area (Å²) in [5.74, 6) is -3.11. The molecule has 4 saturated heterocycles. The Labute approximate surface area is 262 Å². The number of rotatable bonds is 10. The highest BCUT2D eigenvalue weighted by molar-refractivity contribution is 7.93. The summed E-state index contributed by atoms with van der Waals surface area (Å²) in [4.78, 5) is 38.2. The third-order valence-electron chi connectivity index (χ3n) is 11.5. The lowest BCUT2D eigenvalue weighted by molar-refractivity contribution is -1.08. The Morgan fingerprint density at radius 3 is 2.36 bits per heavy atom. The summed E-state index contributed by atoms with van der Waals surface area (Å²) in [5, 5.41) is 21.8. The zero-order valence-corrected chi connectivity index (χ0v) is 26.5. The van der Waals surface area contributed by atoms with Crippen molar-refractivity contribution in [3.63, 3.8) is 0 Å². The first-order valence-corrected chi connectivity index (χ1v) is 17.3. The van der Waals surface area contributed by atoms with Crippen LogP contribution in [-0.2, 0) is 30.8 Å². The predicted octanol–water partition coefficient (Wildman–Crippen LogP) is 0.623. The van der Waals surface area contributed by atoms with Gasteiger partial charge < -0.3 is 29.8 Å². The Bertz CT molecular complexity index is 1760. The van der Waals surface area contributed by atoms with Crippen LogP contribution in [0.2, 0.25) is 0 Å². The average molecular weight is 640 g/mol. The summed E-state index contributed by atoms with van der Waals surface area (Å²) < 4.78 is 31.1. The molecular weight excluding hydrogens is 598 g/mol. The number of piperazine rings is 3. The number of quaternary nitrogens is 2. The number of aliphatic hydroxyl groups is 1. The van der Waals surface area contributed by atoms with Gasteiger partial charge in [0.15, 0.2) is 6.54 Å². The van der Waals surface area contributed by atoms with Gasteiger partial charge in [-0.1, -0.05) is 25.1 Å². The van der Waals surface area contributed by atoms with Crippen LogP contribution in [0.3, 0.4) is 0 Å². The van der Waals surface area contributed by atoms with Crippen LogP contribution in [0.25, 0.3) is 10.8 Å². The number of carboxylic acid groups (broad SMARTS) is 1. The molecule has 0 unspecified atom stereocenters. The minimum atomic E-state index is -3.98. The summed E-state index contributed by atoms with van der Waals surface area (Å²) >= 11 is 0. The second kappa shape index (κ2) is 10.2. The van der Waals surface area contributed by atoms with Crippen LogP contribution in [0.15, 0.2) is 46.5 Å². The maximum absolute atomic E-state index is 14.0. The molecule has 0 radical (unpaired) electrons. The van der Waals surface area contributed by atoms with E-state index < -0.39 is 45.9 Å². The molecule has 8 rings (SSSR count). The number of hydrogen-bond acceptors (Lipinski definition) is 6. The standard InChI is InChI=1S/C32H39N5O7S/c1-19-23(30(32(41)42)35-29(19)27(20(2)38)31(35)40)17-34-24-7-3-6-22-21(8-9-25(28(22)24)45(34,43)44)5-4-10-36-11-14-37(15-12-36,16-13-36)18-26(33)39/h3,6-9,19-20,27,29,38H,4-5,10-18H2,1-2H3,(H-2,33,39,41,42)/p+2/t19-,20+,27+,29+,36?,37?/m0/s1. The molecule has 4 atom stereocenters. The molecule has 12 nitrogen and oxygen atoms in total. The van der Waals surface area contributed by atoms with Crippen LogP contribution < -0.4 is 10.0 Å². The lowest BCUT2D eigenvalue weighted by Crippen LogP contribution is -2.76. The largest absolute Gasteiger partial charge is 0.477 e. The number of sulfonamides is 1. The van der Waals surface area contributed by atoms with Crippen molar-refractivity contribution >= 4 is 44.3 Å². The third kappa shape index (κ3) is 4.42. The third-order valence-corrected chi connectivity index (χ3v) is 13.3. The van der Waals surface area contributed by atoms with Gasteiger partial charge in [0.05, 0.1) is 41.7 Å². The summed E-state index contributed by atoms with van der Waals surface area (Å²) in [5.41, 5.74) is 7.30. The number of amides is 2. The van der Waals surface area contributed by atoms with E-state index in [1.807, 2.05) is 18.2 Å². The maximum atomic E-state index is 14.0. The van der Waals surface area contributed by atoms with Gasteiger partial charge in [0, 0.05) is 17.7 Å². The normalized spacial score (nSPS) is 31.8. The van der Waals surface area contributed by atoms with Gasteiger partial charge >= 0.3 is 5.97 Å². The first kappa shape index (κ1) is 30.2. The molecule has 0 saturated carbocycles. The van der Waals surface area contributed by atoms with E-state index in [1.165, 1.54) is 16.1 Å². The van der Waals surface area contributed by atoms with Crippen molar-refractivity contribution in [2.24, 2.45) is 17.6 Å². The summed E-state index contributed by atoms with van der Waals surface area (Å²) in [6.07, 6.45) is 0.811. The number of carbonyl (C=O) groups excluding carboxylic acids is 2. The monoisotopic (exact) mass is 639 g/mol. The lowest BCUT2D eigenvalue weighted by atomic mass is 9.78. The van der Waals surface area contributed by atoms with E-state index in [1.54, 1.807) is 19.1 Å². The van der Waals surface area contributed by atoms with E-state index in [2.05, 4.69) is 0 Å². The molecule has 4 fully saturated rings. The van der Waals surface area contributed by atoms with Gasteiger partial charge in [-0.05, 0) is 42.0 Å². The first-order chi connectivity index (χ1) is 21.3. The van der Waals surface area contributed by atoms with Crippen molar-refractivity contribution in [2.75, 3.05) is 63.2 Å². The van der Waals surface area contributed by atoms with Crippen LogP contribution >= 0.6 is 0 Å². The summed E-state index contributed by atoms with van der Waals surface area (Å²) in [7, 11) is -3.98. The molecule has 2 aromatic rings. The van der Waals surface area contributed by atoms with Crippen molar-refractivity contribution in [3.05, 3.63) is 47.2 Å². The van der Waals surface area contributed by atoms with E-state index in [0.717, 1.165) is 78.6 Å². The van der Waals surface area contributed by atoms with Gasteiger partial charge in [-0.2, -0.15) is 0 Å². The minimum absolute atomic E-state index is 0.179. The number of anilines is 1. The topological polar surface area (TPSA) is 158 Å². The van der Waals surface area contributed by atoms with Crippen LogP contribution in [0.5, 0.6) is 0 Å². The number of hydrogen-bond donors (Lipinski definition) is 3. The fourth-order valence-electron chi connectivity index (χ4n) is 8.94. The molecule has 6 aliphatic rings. The molecule has 0 aliphatic carbocycles. The molecule has 2 aromatic carbocycles. The number of aliphatic hydroxyl groups excluding tert-OH is 1. The molecule has 6 heterocycles. The zero-order chi connectivity index (χ0) is 32.1. The fraction of sp³-hybridized carbons (Fsp3) is 0.531. The van der Waals surface area contributed by atoms with Crippen LogP contribution in [0.4, 0.5) is 5.69 Å². The molecule has 2 amide bonds. The predicted molar refractivity (Wildman–Crippen MR) is 165 cm³/mol. The molecular formula is C32H41N5O7S+2. The number of nitrogens with two attached hydrogens (primary N) is 1. The van der Waals surface area contributed by atoms with E-state index >= 15 is 0 Å². The number of aliphatic carboxylic acids is 1. The first-order valence-electron chi connectivity index (χ1n) is 15.8. The second-order valence-corrected chi connectivity index (χ2v) is 15.7. The minimum Gasteiger partial charge on any atom is -0.477 e. The molecule has 0 spiro atoms. The number of benzene rings is 2. The van der Waals surface area contributed by atoms with E-state index in [4.69, 9.17) is 5.73 Å². The van der Waals surface area contributed by atoms with Gasteiger partial charge in [0.25, 0.3) is 15.9 Å². The van der Waals surface area contributed by atoms with Crippen molar-refractivity contribution in [1.82, 2.24) is 4.90 Å². The highest BCUT2D eigenvalue weighted by Gasteiger charge is 2.60.